The Balaban J connectivity index is 2.45. The summed E-state index contributed by atoms with van der Waals surface area (Å²) in [5, 5.41) is 4.27. The maximum Gasteiger partial charge on any atom is 0.389 e. The molecule has 0 aliphatic carbocycles. The standard InChI is InChI=1S/C12H20F3N3/c1-8-11(9(2)18(3)17-8)5-4-10(16)6-7-12(13,14)15/h10H,4-7,16H2,1-3H3. The predicted octanol–water partition coefficient (Wildman–Crippen LogP) is 2.64. The molecule has 1 rings (SSSR count). The summed E-state index contributed by atoms with van der Waals surface area (Å²) in [5.41, 5.74) is 8.79. The number of nitrogens with two attached hydrogens (primary N) is 1. The molecule has 0 aliphatic heterocycles. The first-order chi connectivity index (χ1) is 8.20. The summed E-state index contributed by atoms with van der Waals surface area (Å²) in [4.78, 5) is 0. The largest absolute Gasteiger partial charge is 0.389 e. The average Bonchev–Trinajstić information content (AvgIpc) is 2.47. The Morgan fingerprint density at radius 2 is 1.89 bits per heavy atom. The van der Waals surface area contributed by atoms with Gasteiger partial charge in [0.1, 0.15) is 0 Å². The Kier molecular flexibility index (Phi) is 4.78. The Bertz CT molecular complexity index is 396. The van der Waals surface area contributed by atoms with Crippen LogP contribution in [-0.4, -0.2) is 22.0 Å². The molecule has 6 heteroatoms. The molecule has 1 aromatic heterocycles. The lowest BCUT2D eigenvalue weighted by molar-refractivity contribution is -0.136. The van der Waals surface area contributed by atoms with Gasteiger partial charge in [-0.3, -0.25) is 4.68 Å². The summed E-state index contributed by atoms with van der Waals surface area (Å²) in [6.45, 7) is 3.86. The zero-order valence-electron chi connectivity index (χ0n) is 11.0. The number of hydrogen-bond donors (Lipinski definition) is 1. The minimum Gasteiger partial charge on any atom is -0.328 e. The molecule has 1 heterocycles. The van der Waals surface area contributed by atoms with Crippen LogP contribution in [0, 0.1) is 13.8 Å². The molecule has 0 aliphatic rings. The molecule has 0 aromatic carbocycles. The number of halogens is 3. The van der Waals surface area contributed by atoms with Crippen molar-refractivity contribution in [3.63, 3.8) is 0 Å². The van der Waals surface area contributed by atoms with Crippen LogP contribution < -0.4 is 5.73 Å². The molecule has 18 heavy (non-hydrogen) atoms. The van der Waals surface area contributed by atoms with Crippen LogP contribution in [0.4, 0.5) is 13.2 Å². The van der Waals surface area contributed by atoms with Crippen LogP contribution in [0.3, 0.4) is 0 Å². The van der Waals surface area contributed by atoms with Crippen LogP contribution in [0.5, 0.6) is 0 Å². The normalized spacial score (nSPS) is 13.9. The van der Waals surface area contributed by atoms with E-state index in [1.54, 1.807) is 4.68 Å². The number of rotatable bonds is 5. The van der Waals surface area contributed by atoms with Crippen molar-refractivity contribution in [2.75, 3.05) is 0 Å². The lowest BCUT2D eigenvalue weighted by Crippen LogP contribution is -2.23. The van der Waals surface area contributed by atoms with E-state index in [-0.39, 0.29) is 6.42 Å². The number of hydrogen-bond acceptors (Lipinski definition) is 2. The first-order valence-corrected chi connectivity index (χ1v) is 6.02. The molecule has 1 unspecified atom stereocenters. The van der Waals surface area contributed by atoms with Gasteiger partial charge in [-0.15, -0.1) is 0 Å². The summed E-state index contributed by atoms with van der Waals surface area (Å²) in [6.07, 6.45) is -3.69. The lowest BCUT2D eigenvalue weighted by atomic mass is 10.0. The van der Waals surface area contributed by atoms with Crippen molar-refractivity contribution in [2.24, 2.45) is 12.8 Å². The van der Waals surface area contributed by atoms with Crippen molar-refractivity contribution >= 4 is 0 Å². The lowest BCUT2D eigenvalue weighted by Gasteiger charge is -2.13. The topological polar surface area (TPSA) is 43.8 Å². The zero-order valence-corrected chi connectivity index (χ0v) is 11.0. The van der Waals surface area contributed by atoms with Crippen LogP contribution in [0.15, 0.2) is 0 Å². The molecule has 0 radical (unpaired) electrons. The molecular weight excluding hydrogens is 243 g/mol. The summed E-state index contributed by atoms with van der Waals surface area (Å²) in [5.74, 6) is 0. The molecular formula is C12H20F3N3. The second-order valence-corrected chi connectivity index (χ2v) is 4.73. The van der Waals surface area contributed by atoms with Crippen molar-refractivity contribution in [3.05, 3.63) is 17.0 Å². The first-order valence-electron chi connectivity index (χ1n) is 6.02. The number of aromatic nitrogens is 2. The van der Waals surface area contributed by atoms with Gasteiger partial charge in [-0.2, -0.15) is 18.3 Å². The van der Waals surface area contributed by atoms with E-state index in [0.29, 0.717) is 12.8 Å². The van der Waals surface area contributed by atoms with E-state index in [9.17, 15) is 13.2 Å². The fourth-order valence-electron chi connectivity index (χ4n) is 2.00. The van der Waals surface area contributed by atoms with E-state index < -0.39 is 18.6 Å². The molecule has 0 saturated carbocycles. The minimum atomic E-state index is -4.11. The Morgan fingerprint density at radius 3 is 2.33 bits per heavy atom. The summed E-state index contributed by atoms with van der Waals surface area (Å²) in [7, 11) is 1.86. The van der Waals surface area contributed by atoms with Gasteiger partial charge in [0.05, 0.1) is 5.69 Å². The van der Waals surface area contributed by atoms with Gasteiger partial charge >= 0.3 is 6.18 Å². The van der Waals surface area contributed by atoms with Crippen LogP contribution in [-0.2, 0) is 13.5 Å². The average molecular weight is 263 g/mol. The smallest absolute Gasteiger partial charge is 0.328 e. The highest BCUT2D eigenvalue weighted by Crippen LogP contribution is 2.23. The minimum absolute atomic E-state index is 0.0120. The van der Waals surface area contributed by atoms with Gasteiger partial charge in [0.25, 0.3) is 0 Å². The number of alkyl halides is 3. The highest BCUT2D eigenvalue weighted by atomic mass is 19.4. The van der Waals surface area contributed by atoms with Crippen molar-refractivity contribution in [1.29, 1.82) is 0 Å². The highest BCUT2D eigenvalue weighted by Gasteiger charge is 2.27. The monoisotopic (exact) mass is 263 g/mol. The van der Waals surface area contributed by atoms with Gasteiger partial charge in [0, 0.05) is 25.2 Å². The van der Waals surface area contributed by atoms with Crippen LogP contribution in [0.2, 0.25) is 0 Å². The maximum atomic E-state index is 12.0. The maximum absolute atomic E-state index is 12.0. The van der Waals surface area contributed by atoms with E-state index in [0.717, 1.165) is 17.0 Å². The van der Waals surface area contributed by atoms with Crippen LogP contribution in [0.25, 0.3) is 0 Å². The predicted molar refractivity (Wildman–Crippen MR) is 64.3 cm³/mol. The van der Waals surface area contributed by atoms with Gasteiger partial charge in [-0.1, -0.05) is 0 Å². The molecule has 0 fully saturated rings. The number of aryl methyl sites for hydroxylation is 2. The van der Waals surface area contributed by atoms with Gasteiger partial charge in [0.2, 0.25) is 0 Å². The van der Waals surface area contributed by atoms with E-state index in [2.05, 4.69) is 5.10 Å². The van der Waals surface area contributed by atoms with Gasteiger partial charge in [-0.25, -0.2) is 0 Å². The highest BCUT2D eigenvalue weighted by molar-refractivity contribution is 5.24. The zero-order chi connectivity index (χ0) is 13.9. The third-order valence-electron chi connectivity index (χ3n) is 3.22. The molecule has 3 nitrogen and oxygen atoms in total. The van der Waals surface area contributed by atoms with E-state index in [1.807, 2.05) is 20.9 Å². The molecule has 1 atom stereocenters. The third kappa shape index (κ3) is 4.33. The van der Waals surface area contributed by atoms with Crippen molar-refractivity contribution in [3.8, 4) is 0 Å². The molecule has 2 N–H and O–H groups in total. The SMILES string of the molecule is Cc1nn(C)c(C)c1CCC(N)CCC(F)(F)F. The van der Waals surface area contributed by atoms with E-state index in [4.69, 9.17) is 5.73 Å². The fourth-order valence-corrected chi connectivity index (χ4v) is 2.00. The molecule has 0 spiro atoms. The quantitative estimate of drug-likeness (QED) is 0.887. The van der Waals surface area contributed by atoms with E-state index in [1.165, 1.54) is 0 Å². The second kappa shape index (κ2) is 5.73. The molecule has 1 aromatic rings. The van der Waals surface area contributed by atoms with Crippen LogP contribution >= 0.6 is 0 Å². The van der Waals surface area contributed by atoms with Gasteiger partial charge in [0.15, 0.2) is 0 Å². The van der Waals surface area contributed by atoms with Crippen molar-refractivity contribution in [2.45, 2.75) is 51.7 Å². The Hall–Kier alpha value is -1.04. The third-order valence-corrected chi connectivity index (χ3v) is 3.22. The van der Waals surface area contributed by atoms with Gasteiger partial charge < -0.3 is 5.73 Å². The fraction of sp³-hybridized carbons (Fsp3) is 0.750. The Morgan fingerprint density at radius 1 is 1.28 bits per heavy atom. The summed E-state index contributed by atoms with van der Waals surface area (Å²) in [6, 6.07) is -0.411. The van der Waals surface area contributed by atoms with E-state index >= 15 is 0 Å². The first kappa shape index (κ1) is 15.0. The summed E-state index contributed by atoms with van der Waals surface area (Å²) >= 11 is 0. The van der Waals surface area contributed by atoms with Crippen molar-refractivity contribution in [1.82, 2.24) is 9.78 Å². The summed E-state index contributed by atoms with van der Waals surface area (Å²) < 4.78 is 37.9. The molecule has 0 saturated heterocycles. The van der Waals surface area contributed by atoms with Crippen molar-refractivity contribution < 1.29 is 13.2 Å². The molecule has 0 bridgehead atoms. The molecule has 0 amide bonds. The molecule has 104 valence electrons. The van der Waals surface area contributed by atoms with Gasteiger partial charge in [-0.05, 0) is 38.7 Å². The number of nitrogens with zero attached hydrogens (tertiary/aromatic N) is 2. The Labute approximate surface area is 105 Å². The van der Waals surface area contributed by atoms with Crippen LogP contribution in [0.1, 0.15) is 36.2 Å². The second-order valence-electron chi connectivity index (χ2n) is 4.73.